The van der Waals surface area contributed by atoms with Crippen LogP contribution in [0.4, 0.5) is 0 Å². The van der Waals surface area contributed by atoms with Crippen molar-refractivity contribution in [3.8, 4) is 28.0 Å². The molecule has 3 rings (SSSR count). The summed E-state index contributed by atoms with van der Waals surface area (Å²) in [6.45, 7) is 2.08. The number of ketones is 1. The Hall–Kier alpha value is -2.58. The van der Waals surface area contributed by atoms with Gasteiger partial charge < -0.3 is 5.11 Å². The third-order valence-corrected chi connectivity index (χ3v) is 4.69. The molecule has 0 atom stereocenters. The topological polar surface area (TPSA) is 37.3 Å². The molecule has 0 aliphatic heterocycles. The molecule has 0 aliphatic rings. The van der Waals surface area contributed by atoms with E-state index < -0.39 is 0 Å². The number of phenols is 1. The van der Waals surface area contributed by atoms with Crippen LogP contribution < -0.4 is 0 Å². The molecule has 0 spiro atoms. The van der Waals surface area contributed by atoms with Crippen molar-refractivity contribution in [3.63, 3.8) is 0 Å². The van der Waals surface area contributed by atoms with Crippen molar-refractivity contribution < 1.29 is 9.90 Å². The van der Waals surface area contributed by atoms with Gasteiger partial charge in [-0.1, -0.05) is 67.4 Å². The summed E-state index contributed by atoms with van der Waals surface area (Å²) in [5, 5.41) is 10.3. The smallest absolute Gasteiger partial charge is 0.163 e. The van der Waals surface area contributed by atoms with Gasteiger partial charge in [-0.2, -0.15) is 0 Å². The summed E-state index contributed by atoms with van der Waals surface area (Å²) in [4.78, 5) is 12.8. The molecule has 0 unspecified atom stereocenters. The molecule has 0 bridgehead atoms. The lowest BCUT2D eigenvalue weighted by Gasteiger charge is -2.15. The molecule has 0 radical (unpaired) electrons. The third kappa shape index (κ3) is 3.97. The molecule has 0 fully saturated rings. The molecular weight excluding hydrogens is 344 g/mol. The van der Waals surface area contributed by atoms with Crippen molar-refractivity contribution in [2.45, 2.75) is 26.2 Å². The highest BCUT2D eigenvalue weighted by Crippen LogP contribution is 2.36. The Balaban J connectivity index is 2.19. The molecule has 3 heteroatoms. The Morgan fingerprint density at radius 2 is 1.58 bits per heavy atom. The number of rotatable bonds is 6. The SMILES string of the molecule is CCCCC(=O)c1cccc(-c2ccc(Cl)cc2)c1-c1ccc(O)cc1. The molecule has 1 N–H and O–H groups in total. The molecule has 3 aromatic rings. The number of aromatic hydroxyl groups is 1. The van der Waals surface area contributed by atoms with Crippen LogP contribution in [0.3, 0.4) is 0 Å². The Kier molecular flexibility index (Phi) is 5.75. The van der Waals surface area contributed by atoms with E-state index in [-0.39, 0.29) is 11.5 Å². The van der Waals surface area contributed by atoms with Crippen LogP contribution in [-0.2, 0) is 0 Å². The maximum Gasteiger partial charge on any atom is 0.163 e. The van der Waals surface area contributed by atoms with Crippen LogP contribution in [0.1, 0.15) is 36.5 Å². The van der Waals surface area contributed by atoms with Gasteiger partial charge in [0.05, 0.1) is 0 Å². The van der Waals surface area contributed by atoms with Crippen LogP contribution in [0, 0.1) is 0 Å². The molecule has 3 aromatic carbocycles. The van der Waals surface area contributed by atoms with Crippen molar-refractivity contribution in [2.24, 2.45) is 0 Å². The van der Waals surface area contributed by atoms with Gasteiger partial charge in [-0.3, -0.25) is 4.79 Å². The lowest BCUT2D eigenvalue weighted by Crippen LogP contribution is -2.03. The highest BCUT2D eigenvalue weighted by Gasteiger charge is 2.17. The molecule has 0 saturated heterocycles. The number of carbonyl (C=O) groups is 1. The van der Waals surface area contributed by atoms with Gasteiger partial charge in [-0.15, -0.1) is 0 Å². The molecular formula is C23H21ClO2. The minimum Gasteiger partial charge on any atom is -0.508 e. The van der Waals surface area contributed by atoms with Crippen molar-refractivity contribution in [1.82, 2.24) is 0 Å². The fourth-order valence-corrected chi connectivity index (χ4v) is 3.19. The standard InChI is InChI=1S/C23H21ClO2/c1-2-3-7-22(26)21-6-4-5-20(16-8-12-18(24)13-9-16)23(21)17-10-14-19(25)15-11-17/h4-6,8-15,25H,2-3,7H2,1H3. The maximum atomic E-state index is 12.8. The molecule has 0 amide bonds. The summed E-state index contributed by atoms with van der Waals surface area (Å²) in [6, 6.07) is 20.4. The van der Waals surface area contributed by atoms with Crippen molar-refractivity contribution >= 4 is 17.4 Å². The first kappa shape index (κ1) is 18.2. The summed E-state index contributed by atoms with van der Waals surface area (Å²) in [7, 11) is 0. The van der Waals surface area contributed by atoms with Crippen LogP contribution in [0.15, 0.2) is 66.7 Å². The first-order valence-corrected chi connectivity index (χ1v) is 9.19. The van der Waals surface area contributed by atoms with E-state index in [2.05, 4.69) is 6.92 Å². The fraction of sp³-hybridized carbons (Fsp3) is 0.174. The van der Waals surface area contributed by atoms with Gasteiger partial charge in [0.15, 0.2) is 5.78 Å². The Morgan fingerprint density at radius 3 is 2.23 bits per heavy atom. The molecule has 26 heavy (non-hydrogen) atoms. The number of Topliss-reactive ketones (excluding diaryl/α,β-unsaturated/α-hetero) is 1. The second-order valence-electron chi connectivity index (χ2n) is 6.31. The average molecular weight is 365 g/mol. The van der Waals surface area contributed by atoms with Crippen LogP contribution in [0.5, 0.6) is 5.75 Å². The van der Waals surface area contributed by atoms with Crippen LogP contribution in [0.25, 0.3) is 22.3 Å². The van der Waals surface area contributed by atoms with Crippen LogP contribution in [0.2, 0.25) is 5.02 Å². The predicted octanol–water partition coefficient (Wildman–Crippen LogP) is 6.75. The molecule has 132 valence electrons. The number of hydrogen-bond donors (Lipinski definition) is 1. The summed E-state index contributed by atoms with van der Waals surface area (Å²) in [5.74, 6) is 0.349. The van der Waals surface area contributed by atoms with E-state index >= 15 is 0 Å². The maximum absolute atomic E-state index is 12.8. The highest BCUT2D eigenvalue weighted by molar-refractivity contribution is 6.30. The van der Waals surface area contributed by atoms with Crippen molar-refractivity contribution in [3.05, 3.63) is 77.3 Å². The summed E-state index contributed by atoms with van der Waals surface area (Å²) in [5.41, 5.74) is 4.51. The summed E-state index contributed by atoms with van der Waals surface area (Å²) < 4.78 is 0. The van der Waals surface area contributed by atoms with Gasteiger partial charge in [0.2, 0.25) is 0 Å². The number of unbranched alkanes of at least 4 members (excludes halogenated alkanes) is 1. The zero-order chi connectivity index (χ0) is 18.5. The number of halogens is 1. The van der Waals surface area contributed by atoms with Gasteiger partial charge in [-0.25, -0.2) is 0 Å². The number of phenolic OH excluding ortho intramolecular Hbond substituents is 1. The molecule has 0 aliphatic carbocycles. The number of benzene rings is 3. The second kappa shape index (κ2) is 8.20. The number of hydrogen-bond acceptors (Lipinski definition) is 2. The van der Waals surface area contributed by atoms with E-state index in [0.29, 0.717) is 11.4 Å². The third-order valence-electron chi connectivity index (χ3n) is 4.43. The Labute approximate surface area is 159 Å². The zero-order valence-electron chi connectivity index (χ0n) is 14.7. The van der Waals surface area contributed by atoms with E-state index in [9.17, 15) is 9.90 Å². The van der Waals surface area contributed by atoms with Gasteiger partial charge in [0.1, 0.15) is 5.75 Å². The van der Waals surface area contributed by atoms with Gasteiger partial charge in [0.25, 0.3) is 0 Å². The van der Waals surface area contributed by atoms with Crippen molar-refractivity contribution in [1.29, 1.82) is 0 Å². The van der Waals surface area contributed by atoms with Gasteiger partial charge >= 0.3 is 0 Å². The van der Waals surface area contributed by atoms with Crippen LogP contribution in [-0.4, -0.2) is 10.9 Å². The van der Waals surface area contributed by atoms with E-state index in [1.54, 1.807) is 12.1 Å². The first-order valence-electron chi connectivity index (χ1n) is 8.81. The molecule has 0 aromatic heterocycles. The molecule has 2 nitrogen and oxygen atoms in total. The van der Waals surface area contributed by atoms with E-state index in [1.807, 2.05) is 54.6 Å². The summed E-state index contributed by atoms with van der Waals surface area (Å²) in [6.07, 6.45) is 2.39. The quantitative estimate of drug-likeness (QED) is 0.491. The first-order chi connectivity index (χ1) is 12.6. The van der Waals surface area contributed by atoms with E-state index in [4.69, 9.17) is 11.6 Å². The molecule has 0 saturated carbocycles. The Bertz CT molecular complexity index is 896. The van der Waals surface area contributed by atoms with Gasteiger partial charge in [0, 0.05) is 22.6 Å². The Morgan fingerprint density at radius 1 is 0.923 bits per heavy atom. The average Bonchev–Trinajstić information content (AvgIpc) is 2.67. The fourth-order valence-electron chi connectivity index (χ4n) is 3.07. The minimum absolute atomic E-state index is 0.144. The summed E-state index contributed by atoms with van der Waals surface area (Å²) >= 11 is 6.03. The zero-order valence-corrected chi connectivity index (χ0v) is 15.5. The number of carbonyl (C=O) groups excluding carboxylic acids is 1. The highest BCUT2D eigenvalue weighted by atomic mass is 35.5. The van der Waals surface area contributed by atoms with E-state index in [0.717, 1.165) is 40.7 Å². The lowest BCUT2D eigenvalue weighted by atomic mass is 9.88. The second-order valence-corrected chi connectivity index (χ2v) is 6.75. The van der Waals surface area contributed by atoms with Crippen LogP contribution >= 0.6 is 11.6 Å². The van der Waals surface area contributed by atoms with Crippen molar-refractivity contribution in [2.75, 3.05) is 0 Å². The normalized spacial score (nSPS) is 10.7. The minimum atomic E-state index is 0.144. The largest absolute Gasteiger partial charge is 0.508 e. The van der Waals surface area contributed by atoms with Gasteiger partial charge in [-0.05, 0) is 47.4 Å². The molecule has 0 heterocycles. The lowest BCUT2D eigenvalue weighted by molar-refractivity contribution is 0.0980. The predicted molar refractivity (Wildman–Crippen MR) is 108 cm³/mol. The monoisotopic (exact) mass is 364 g/mol. The van der Waals surface area contributed by atoms with E-state index in [1.165, 1.54) is 0 Å².